The van der Waals surface area contributed by atoms with E-state index in [0.29, 0.717) is 13.1 Å². The second-order valence-electron chi connectivity index (χ2n) is 7.47. The molecule has 6 heteroatoms. The SMILES string of the molecule is COc1ccc2cnc([C@H]3CCCN(C(=O)c4cc(F)cc(F)c4)C3)cc2c1C. The fraction of sp³-hybridized carbons (Fsp3) is 0.304. The van der Waals surface area contributed by atoms with E-state index in [9.17, 15) is 13.6 Å². The Morgan fingerprint density at radius 3 is 2.66 bits per heavy atom. The van der Waals surface area contributed by atoms with Gasteiger partial charge in [0.15, 0.2) is 0 Å². The van der Waals surface area contributed by atoms with Crippen molar-refractivity contribution in [2.24, 2.45) is 0 Å². The maximum Gasteiger partial charge on any atom is 0.254 e. The molecule has 3 aromatic rings. The van der Waals surface area contributed by atoms with Crippen LogP contribution in [0.4, 0.5) is 8.78 Å². The molecule has 0 saturated carbocycles. The number of aromatic nitrogens is 1. The van der Waals surface area contributed by atoms with Crippen LogP contribution in [0.15, 0.2) is 42.6 Å². The average Bonchev–Trinajstić information content (AvgIpc) is 2.73. The van der Waals surface area contributed by atoms with Crippen LogP contribution in [0.2, 0.25) is 0 Å². The zero-order chi connectivity index (χ0) is 20.5. The number of likely N-dealkylation sites (tertiary alicyclic amines) is 1. The van der Waals surface area contributed by atoms with Gasteiger partial charge in [0.1, 0.15) is 17.4 Å². The van der Waals surface area contributed by atoms with Crippen LogP contribution in [0, 0.1) is 18.6 Å². The van der Waals surface area contributed by atoms with Gasteiger partial charge in [0.2, 0.25) is 0 Å². The number of pyridine rings is 1. The number of amides is 1. The molecule has 4 nitrogen and oxygen atoms in total. The number of benzene rings is 2. The number of methoxy groups -OCH3 is 1. The number of carbonyl (C=O) groups excluding carboxylic acids is 1. The fourth-order valence-corrected chi connectivity index (χ4v) is 4.07. The first-order valence-corrected chi connectivity index (χ1v) is 9.65. The van der Waals surface area contributed by atoms with E-state index in [1.165, 1.54) is 0 Å². The number of nitrogens with zero attached hydrogens (tertiary/aromatic N) is 2. The second-order valence-corrected chi connectivity index (χ2v) is 7.47. The van der Waals surface area contributed by atoms with E-state index in [4.69, 9.17) is 4.74 Å². The lowest BCUT2D eigenvalue weighted by Crippen LogP contribution is -2.39. The lowest BCUT2D eigenvalue weighted by atomic mass is 9.92. The molecule has 0 unspecified atom stereocenters. The monoisotopic (exact) mass is 396 g/mol. The Hall–Kier alpha value is -3.02. The van der Waals surface area contributed by atoms with Crippen molar-refractivity contribution in [2.45, 2.75) is 25.7 Å². The van der Waals surface area contributed by atoms with E-state index in [0.717, 1.165) is 58.8 Å². The molecule has 2 heterocycles. The van der Waals surface area contributed by atoms with Crippen LogP contribution in [0.1, 0.15) is 40.4 Å². The maximum atomic E-state index is 13.5. The number of carbonyl (C=O) groups is 1. The van der Waals surface area contributed by atoms with Crippen LogP contribution < -0.4 is 4.74 Å². The first-order valence-electron chi connectivity index (χ1n) is 9.65. The maximum absolute atomic E-state index is 13.5. The van der Waals surface area contributed by atoms with Gasteiger partial charge in [-0.1, -0.05) is 0 Å². The molecule has 1 atom stereocenters. The van der Waals surface area contributed by atoms with E-state index in [1.807, 2.05) is 25.3 Å². The Bertz CT molecular complexity index is 1060. The Balaban J connectivity index is 1.61. The molecule has 0 bridgehead atoms. The number of piperidine rings is 1. The van der Waals surface area contributed by atoms with Crippen molar-refractivity contribution in [1.82, 2.24) is 9.88 Å². The van der Waals surface area contributed by atoms with E-state index < -0.39 is 11.6 Å². The molecule has 1 aliphatic heterocycles. The van der Waals surface area contributed by atoms with Crippen LogP contribution in [0.3, 0.4) is 0 Å². The van der Waals surface area contributed by atoms with Crippen LogP contribution in [-0.4, -0.2) is 36.0 Å². The Morgan fingerprint density at radius 1 is 1.17 bits per heavy atom. The molecule has 0 radical (unpaired) electrons. The third-order valence-electron chi connectivity index (χ3n) is 5.60. The quantitative estimate of drug-likeness (QED) is 0.636. The highest BCUT2D eigenvalue weighted by molar-refractivity contribution is 5.94. The summed E-state index contributed by atoms with van der Waals surface area (Å²) in [5.41, 5.74) is 2.00. The third kappa shape index (κ3) is 3.79. The van der Waals surface area contributed by atoms with Gasteiger partial charge in [-0.2, -0.15) is 0 Å². The summed E-state index contributed by atoms with van der Waals surface area (Å²) < 4.78 is 32.4. The molecule has 0 spiro atoms. The molecular weight excluding hydrogens is 374 g/mol. The molecule has 2 aromatic carbocycles. The molecule has 1 aliphatic rings. The highest BCUT2D eigenvalue weighted by Crippen LogP contribution is 2.32. The molecule has 1 fully saturated rings. The standard InChI is InChI=1S/C23H22F2N2O2/c1-14-20-11-21(26-12-15(20)5-6-22(14)29-2)16-4-3-7-27(13-16)23(28)17-8-18(24)10-19(25)9-17/h5-6,8-12,16H,3-4,7,13H2,1-2H3/t16-/m0/s1. The summed E-state index contributed by atoms with van der Waals surface area (Å²) >= 11 is 0. The summed E-state index contributed by atoms with van der Waals surface area (Å²) in [7, 11) is 1.65. The predicted molar refractivity (Wildman–Crippen MR) is 107 cm³/mol. The van der Waals surface area contributed by atoms with Crippen molar-refractivity contribution >= 4 is 16.7 Å². The lowest BCUT2D eigenvalue weighted by molar-refractivity contribution is 0.0705. The minimum absolute atomic E-state index is 0.0372. The molecule has 150 valence electrons. The van der Waals surface area contributed by atoms with Gasteiger partial charge in [0.25, 0.3) is 5.91 Å². The Morgan fingerprint density at radius 2 is 1.93 bits per heavy atom. The zero-order valence-electron chi connectivity index (χ0n) is 16.4. The predicted octanol–water partition coefficient (Wildman–Crippen LogP) is 4.85. The van der Waals surface area contributed by atoms with Gasteiger partial charge in [-0.05, 0) is 61.0 Å². The lowest BCUT2D eigenvalue weighted by Gasteiger charge is -2.32. The minimum atomic E-state index is -0.748. The van der Waals surface area contributed by atoms with Crippen molar-refractivity contribution in [3.8, 4) is 5.75 Å². The van der Waals surface area contributed by atoms with E-state index in [1.54, 1.807) is 12.0 Å². The third-order valence-corrected chi connectivity index (χ3v) is 5.60. The zero-order valence-corrected chi connectivity index (χ0v) is 16.4. The van der Waals surface area contributed by atoms with Gasteiger partial charge in [0.05, 0.1) is 7.11 Å². The fourth-order valence-electron chi connectivity index (χ4n) is 4.07. The summed E-state index contributed by atoms with van der Waals surface area (Å²) in [4.78, 5) is 19.1. The summed E-state index contributed by atoms with van der Waals surface area (Å²) in [6.07, 6.45) is 3.56. The van der Waals surface area contributed by atoms with E-state index >= 15 is 0 Å². The molecule has 1 amide bonds. The van der Waals surface area contributed by atoms with Gasteiger partial charge in [-0.25, -0.2) is 8.78 Å². The molecule has 0 N–H and O–H groups in total. The van der Waals surface area contributed by atoms with Crippen molar-refractivity contribution in [3.63, 3.8) is 0 Å². The first-order chi connectivity index (χ1) is 14.0. The number of halogens is 2. The van der Waals surface area contributed by atoms with Gasteiger partial charge in [-0.3, -0.25) is 9.78 Å². The molecule has 4 rings (SSSR count). The van der Waals surface area contributed by atoms with Gasteiger partial charge < -0.3 is 9.64 Å². The Labute approximate surface area is 168 Å². The molecular formula is C23H22F2N2O2. The second kappa shape index (κ2) is 7.78. The number of hydrogen-bond acceptors (Lipinski definition) is 3. The van der Waals surface area contributed by atoms with Crippen molar-refractivity contribution in [2.75, 3.05) is 20.2 Å². The number of ether oxygens (including phenoxy) is 1. The van der Waals surface area contributed by atoms with E-state index in [-0.39, 0.29) is 17.4 Å². The minimum Gasteiger partial charge on any atom is -0.496 e. The largest absolute Gasteiger partial charge is 0.496 e. The van der Waals surface area contributed by atoms with Crippen LogP contribution in [-0.2, 0) is 0 Å². The summed E-state index contributed by atoms with van der Waals surface area (Å²) in [6.45, 7) is 3.05. The summed E-state index contributed by atoms with van der Waals surface area (Å²) in [5.74, 6) is -0.957. The molecule has 0 aliphatic carbocycles. The van der Waals surface area contributed by atoms with Gasteiger partial charge in [-0.15, -0.1) is 0 Å². The highest BCUT2D eigenvalue weighted by atomic mass is 19.1. The van der Waals surface area contributed by atoms with Crippen molar-refractivity contribution in [1.29, 1.82) is 0 Å². The molecule has 1 saturated heterocycles. The molecule has 1 aromatic heterocycles. The average molecular weight is 396 g/mol. The topological polar surface area (TPSA) is 42.4 Å². The van der Waals surface area contributed by atoms with Crippen LogP contribution >= 0.6 is 0 Å². The summed E-state index contributed by atoms with van der Waals surface area (Å²) in [5, 5.41) is 2.11. The van der Waals surface area contributed by atoms with Crippen molar-refractivity contribution in [3.05, 3.63) is 71.1 Å². The normalized spacial score (nSPS) is 16.8. The van der Waals surface area contributed by atoms with Crippen LogP contribution in [0.5, 0.6) is 5.75 Å². The number of rotatable bonds is 3. The van der Waals surface area contributed by atoms with Crippen molar-refractivity contribution < 1.29 is 18.3 Å². The van der Waals surface area contributed by atoms with Gasteiger partial charge in [0, 0.05) is 47.9 Å². The Kier molecular flexibility index (Phi) is 5.18. The van der Waals surface area contributed by atoms with Crippen LogP contribution in [0.25, 0.3) is 10.8 Å². The highest BCUT2D eigenvalue weighted by Gasteiger charge is 2.27. The smallest absolute Gasteiger partial charge is 0.254 e. The number of aryl methyl sites for hydroxylation is 1. The molecule has 29 heavy (non-hydrogen) atoms. The summed E-state index contributed by atoms with van der Waals surface area (Å²) in [6, 6.07) is 8.91. The number of fused-ring (bicyclic) bond motifs is 1. The van der Waals surface area contributed by atoms with E-state index in [2.05, 4.69) is 11.1 Å². The number of hydrogen-bond donors (Lipinski definition) is 0. The first kappa shape index (κ1) is 19.3. The van der Waals surface area contributed by atoms with Gasteiger partial charge >= 0.3 is 0 Å².